The van der Waals surface area contributed by atoms with Crippen LogP contribution in [-0.4, -0.2) is 40.4 Å². The molecule has 0 saturated heterocycles. The van der Waals surface area contributed by atoms with E-state index in [-0.39, 0.29) is 12.8 Å². The summed E-state index contributed by atoms with van der Waals surface area (Å²) in [7, 11) is -5.08. The number of hydrogen-bond donors (Lipinski definition) is 3. The van der Waals surface area contributed by atoms with Crippen molar-refractivity contribution in [3.05, 3.63) is 12.7 Å². The van der Waals surface area contributed by atoms with Gasteiger partial charge in [0.15, 0.2) is 5.25 Å². The lowest BCUT2D eigenvalue weighted by atomic mass is 9.76. The molecule has 0 saturated carbocycles. The maximum absolute atomic E-state index is 11.8. The molecule has 0 aliphatic rings. The Balaban J connectivity index is 4.75. The second-order valence-electron chi connectivity index (χ2n) is 7.12. The van der Waals surface area contributed by atoms with Crippen molar-refractivity contribution in [3.8, 4) is 0 Å². The van der Waals surface area contributed by atoms with E-state index >= 15 is 0 Å². The van der Waals surface area contributed by atoms with Gasteiger partial charge in [-0.15, -0.1) is 6.58 Å². The van der Waals surface area contributed by atoms with Gasteiger partial charge in [-0.25, -0.2) is 0 Å². The molecular formula is C19H34O7S. The quantitative estimate of drug-likeness (QED) is 0.187. The smallest absolute Gasteiger partial charge is 0.325 e. The molecule has 0 radical (unpaired) electrons. The van der Waals surface area contributed by atoms with E-state index in [0.29, 0.717) is 12.8 Å². The van der Waals surface area contributed by atoms with E-state index in [9.17, 15) is 32.8 Å². The zero-order valence-corrected chi connectivity index (χ0v) is 17.0. The molecule has 0 aromatic heterocycles. The summed E-state index contributed by atoms with van der Waals surface area (Å²) in [6.45, 7) is 5.59. The summed E-state index contributed by atoms with van der Waals surface area (Å²) in [6, 6.07) is 0. The summed E-state index contributed by atoms with van der Waals surface area (Å²) in [5, 5.41) is 16.4. The zero-order valence-electron chi connectivity index (χ0n) is 16.2. The van der Waals surface area contributed by atoms with Crippen molar-refractivity contribution in [1.82, 2.24) is 0 Å². The predicted molar refractivity (Wildman–Crippen MR) is 104 cm³/mol. The highest BCUT2D eigenvalue weighted by atomic mass is 32.2. The number of carboxylic acids is 2. The Kier molecular flexibility index (Phi) is 12.2. The third kappa shape index (κ3) is 8.88. The van der Waals surface area contributed by atoms with E-state index in [4.69, 9.17) is 0 Å². The van der Waals surface area contributed by atoms with Gasteiger partial charge in [0.2, 0.25) is 0 Å². The molecule has 0 aromatic rings. The minimum atomic E-state index is -5.08. The van der Waals surface area contributed by atoms with Crippen LogP contribution in [0.25, 0.3) is 0 Å². The van der Waals surface area contributed by atoms with Crippen molar-refractivity contribution in [2.24, 2.45) is 5.41 Å². The van der Waals surface area contributed by atoms with Crippen LogP contribution in [0.3, 0.4) is 0 Å². The second-order valence-corrected chi connectivity index (χ2v) is 8.62. The fraction of sp³-hybridized carbons (Fsp3) is 0.789. The minimum absolute atomic E-state index is 0.151. The molecule has 0 aliphatic heterocycles. The maximum Gasteiger partial charge on any atom is 0.325 e. The van der Waals surface area contributed by atoms with E-state index in [0.717, 1.165) is 19.3 Å². The van der Waals surface area contributed by atoms with Gasteiger partial charge in [0.1, 0.15) is 5.41 Å². The Morgan fingerprint density at radius 2 is 1.41 bits per heavy atom. The molecule has 0 aliphatic carbocycles. The number of hydrogen-bond acceptors (Lipinski definition) is 4. The van der Waals surface area contributed by atoms with E-state index in [1.807, 2.05) is 0 Å². The van der Waals surface area contributed by atoms with Crippen LogP contribution in [0.5, 0.6) is 0 Å². The molecule has 8 heteroatoms. The van der Waals surface area contributed by atoms with E-state index in [1.54, 1.807) is 0 Å². The first-order chi connectivity index (χ1) is 12.6. The summed E-state index contributed by atoms with van der Waals surface area (Å²) >= 11 is 0. The van der Waals surface area contributed by atoms with Crippen LogP contribution >= 0.6 is 0 Å². The molecule has 0 aromatic carbocycles. The van der Waals surface area contributed by atoms with Gasteiger partial charge in [-0.3, -0.25) is 14.1 Å². The van der Waals surface area contributed by atoms with Crippen LogP contribution in [-0.2, 0) is 19.7 Å². The van der Waals surface area contributed by atoms with Crippen LogP contribution in [0, 0.1) is 5.41 Å². The van der Waals surface area contributed by atoms with Crippen molar-refractivity contribution in [1.29, 1.82) is 0 Å². The molecule has 0 heterocycles. The first kappa shape index (κ1) is 25.6. The third-order valence-electron chi connectivity index (χ3n) is 4.93. The monoisotopic (exact) mass is 406 g/mol. The van der Waals surface area contributed by atoms with Gasteiger partial charge in [-0.2, -0.15) is 8.42 Å². The summed E-state index contributed by atoms with van der Waals surface area (Å²) in [5.41, 5.74) is -2.12. The fourth-order valence-corrected chi connectivity index (χ4v) is 4.62. The van der Waals surface area contributed by atoms with Crippen LogP contribution in [0.1, 0.15) is 84.0 Å². The molecule has 0 rings (SSSR count). The average molecular weight is 407 g/mol. The van der Waals surface area contributed by atoms with Crippen molar-refractivity contribution >= 4 is 22.1 Å². The number of carbonyl (C=O) groups is 2. The van der Waals surface area contributed by atoms with Crippen molar-refractivity contribution in [2.45, 2.75) is 89.2 Å². The molecule has 2 unspecified atom stereocenters. The SMILES string of the molecule is C=CCC(CCCCCCCCCCCC)(C(=O)O)C(C(=O)O)S(=O)(=O)O. The van der Waals surface area contributed by atoms with Gasteiger partial charge < -0.3 is 10.2 Å². The van der Waals surface area contributed by atoms with Crippen LogP contribution < -0.4 is 0 Å². The molecule has 0 amide bonds. The lowest BCUT2D eigenvalue weighted by molar-refractivity contribution is -0.155. The first-order valence-electron chi connectivity index (χ1n) is 9.67. The number of carboxylic acid groups (broad SMARTS) is 2. The number of aliphatic carboxylic acids is 2. The summed E-state index contributed by atoms with van der Waals surface area (Å²) < 4.78 is 32.4. The van der Waals surface area contributed by atoms with E-state index in [1.165, 1.54) is 38.2 Å². The number of rotatable bonds is 17. The number of allylic oxidation sites excluding steroid dienone is 1. The Bertz CT molecular complexity index is 571. The van der Waals surface area contributed by atoms with Crippen LogP contribution in [0.4, 0.5) is 0 Å². The molecule has 158 valence electrons. The normalized spacial score (nSPS) is 15.0. The van der Waals surface area contributed by atoms with Gasteiger partial charge in [-0.05, 0) is 12.8 Å². The fourth-order valence-electron chi connectivity index (χ4n) is 3.48. The Morgan fingerprint density at radius 3 is 1.74 bits per heavy atom. The highest BCUT2D eigenvalue weighted by molar-refractivity contribution is 7.87. The molecule has 0 fully saturated rings. The van der Waals surface area contributed by atoms with Crippen molar-refractivity contribution in [3.63, 3.8) is 0 Å². The Hall–Kier alpha value is -1.41. The second kappa shape index (κ2) is 12.9. The zero-order chi connectivity index (χ0) is 20.9. The average Bonchev–Trinajstić information content (AvgIpc) is 2.54. The molecule has 2 atom stereocenters. The molecule has 7 nitrogen and oxygen atoms in total. The topological polar surface area (TPSA) is 129 Å². The third-order valence-corrected chi connectivity index (χ3v) is 6.18. The summed E-state index contributed by atoms with van der Waals surface area (Å²) in [4.78, 5) is 23.2. The minimum Gasteiger partial charge on any atom is -0.481 e. The van der Waals surface area contributed by atoms with Crippen molar-refractivity contribution in [2.75, 3.05) is 0 Å². The van der Waals surface area contributed by atoms with E-state index < -0.39 is 32.7 Å². The molecular weight excluding hydrogens is 372 g/mol. The van der Waals surface area contributed by atoms with Gasteiger partial charge in [-0.1, -0.05) is 77.2 Å². The van der Waals surface area contributed by atoms with Crippen LogP contribution in [0.15, 0.2) is 12.7 Å². The van der Waals surface area contributed by atoms with Gasteiger partial charge >= 0.3 is 11.9 Å². The Morgan fingerprint density at radius 1 is 0.963 bits per heavy atom. The highest BCUT2D eigenvalue weighted by Crippen LogP contribution is 2.38. The van der Waals surface area contributed by atoms with Crippen molar-refractivity contribution < 1.29 is 32.8 Å². The van der Waals surface area contributed by atoms with Gasteiger partial charge in [0.25, 0.3) is 10.1 Å². The standard InChI is InChI=1S/C19H34O7S/c1-3-5-6-7-8-9-10-11-12-13-15-19(14-4-2,18(22)23)16(17(20)21)27(24,25)26/h4,16H,2-3,5-15H2,1H3,(H,20,21)(H,22,23)(H,24,25,26). The largest absolute Gasteiger partial charge is 0.481 e. The highest BCUT2D eigenvalue weighted by Gasteiger charge is 2.55. The molecule has 3 N–H and O–H groups in total. The lowest BCUT2D eigenvalue weighted by Gasteiger charge is -2.32. The summed E-state index contributed by atoms with van der Waals surface area (Å²) in [6.07, 6.45) is 10.8. The lowest BCUT2D eigenvalue weighted by Crippen LogP contribution is -2.50. The molecule has 0 spiro atoms. The van der Waals surface area contributed by atoms with Gasteiger partial charge in [0.05, 0.1) is 0 Å². The van der Waals surface area contributed by atoms with E-state index in [2.05, 4.69) is 13.5 Å². The molecule has 0 bridgehead atoms. The predicted octanol–water partition coefficient (Wildman–Crippen LogP) is 4.29. The Labute approximate surface area is 162 Å². The van der Waals surface area contributed by atoms with Gasteiger partial charge in [0, 0.05) is 0 Å². The first-order valence-corrected chi connectivity index (χ1v) is 11.2. The maximum atomic E-state index is 11.8. The van der Waals surface area contributed by atoms with Crippen LogP contribution in [0.2, 0.25) is 0 Å². The molecule has 27 heavy (non-hydrogen) atoms. The summed E-state index contributed by atoms with van der Waals surface area (Å²) in [5.74, 6) is -3.42. The number of unbranched alkanes of at least 4 members (excludes halogenated alkanes) is 9.